The molecule has 3 nitrogen and oxygen atoms in total. The molecule has 1 N–H and O–H groups in total. The van der Waals surface area contributed by atoms with Crippen LogP contribution in [0.3, 0.4) is 0 Å². The zero-order chi connectivity index (χ0) is 9.84. The first-order valence-electron chi connectivity index (χ1n) is 3.98. The second kappa shape index (κ2) is 4.05. The minimum Gasteiger partial charge on any atom is -0.467 e. The quantitative estimate of drug-likeness (QED) is 0.695. The van der Waals surface area contributed by atoms with Gasteiger partial charge in [-0.15, -0.1) is 0 Å². The molecule has 1 aromatic carbocycles. The zero-order valence-corrected chi connectivity index (χ0v) is 7.65. The van der Waals surface area contributed by atoms with E-state index in [1.54, 1.807) is 12.1 Å². The van der Waals surface area contributed by atoms with E-state index in [1.165, 1.54) is 7.11 Å². The predicted molar refractivity (Wildman–Crippen MR) is 48.2 cm³/mol. The Morgan fingerprint density at radius 2 is 2.08 bits per heavy atom. The topological polar surface area (TPSA) is 46.5 Å². The number of ether oxygens (including phenoxy) is 1. The molecule has 1 atom stereocenters. The van der Waals surface area contributed by atoms with E-state index in [9.17, 15) is 9.90 Å². The minimum atomic E-state index is -1.17. The third-order valence-electron chi connectivity index (χ3n) is 1.91. The van der Waals surface area contributed by atoms with Crippen LogP contribution in [-0.4, -0.2) is 18.2 Å². The Kier molecular flexibility index (Phi) is 3.03. The van der Waals surface area contributed by atoms with Gasteiger partial charge in [-0.2, -0.15) is 0 Å². The molecule has 70 valence electrons. The Morgan fingerprint density at radius 3 is 2.62 bits per heavy atom. The van der Waals surface area contributed by atoms with Crippen molar-refractivity contribution in [3.05, 3.63) is 35.4 Å². The summed E-state index contributed by atoms with van der Waals surface area (Å²) in [7, 11) is 1.25. The highest BCUT2D eigenvalue weighted by molar-refractivity contribution is 5.76. The maximum atomic E-state index is 11.0. The second-order valence-electron chi connectivity index (χ2n) is 2.78. The van der Waals surface area contributed by atoms with Crippen molar-refractivity contribution in [3.8, 4) is 0 Å². The summed E-state index contributed by atoms with van der Waals surface area (Å²) in [5.74, 6) is -0.630. The van der Waals surface area contributed by atoms with E-state index in [4.69, 9.17) is 0 Å². The Bertz CT molecular complexity index is 307. The van der Waals surface area contributed by atoms with Crippen LogP contribution >= 0.6 is 0 Å². The fourth-order valence-corrected chi connectivity index (χ4v) is 1.13. The lowest BCUT2D eigenvalue weighted by atomic mass is 10.0. The van der Waals surface area contributed by atoms with Gasteiger partial charge in [0, 0.05) is 0 Å². The normalized spacial score (nSPS) is 12.2. The van der Waals surface area contributed by atoms with Gasteiger partial charge < -0.3 is 9.84 Å². The zero-order valence-electron chi connectivity index (χ0n) is 7.65. The number of aliphatic hydroxyl groups excluding tert-OH is 1. The van der Waals surface area contributed by atoms with Gasteiger partial charge in [-0.3, -0.25) is 0 Å². The highest BCUT2D eigenvalue weighted by atomic mass is 16.5. The molecule has 0 amide bonds. The van der Waals surface area contributed by atoms with Crippen molar-refractivity contribution in [1.82, 2.24) is 0 Å². The first-order chi connectivity index (χ1) is 6.16. The number of carbonyl (C=O) groups is 1. The van der Waals surface area contributed by atoms with Crippen LogP contribution in [0.15, 0.2) is 24.3 Å². The molecule has 3 heteroatoms. The minimum absolute atomic E-state index is 0.592. The Hall–Kier alpha value is -1.35. The number of rotatable bonds is 2. The van der Waals surface area contributed by atoms with Crippen molar-refractivity contribution < 1.29 is 14.6 Å². The molecule has 0 saturated carbocycles. The first-order valence-corrected chi connectivity index (χ1v) is 3.98. The summed E-state index contributed by atoms with van der Waals surface area (Å²) in [5.41, 5.74) is 1.47. The maximum Gasteiger partial charge on any atom is 0.339 e. The molecular formula is C10H12O3. The third kappa shape index (κ3) is 2.06. The maximum absolute atomic E-state index is 11.0. The fourth-order valence-electron chi connectivity index (χ4n) is 1.13. The largest absolute Gasteiger partial charge is 0.467 e. The van der Waals surface area contributed by atoms with Crippen molar-refractivity contribution in [1.29, 1.82) is 0 Å². The van der Waals surface area contributed by atoms with E-state index < -0.39 is 12.1 Å². The number of esters is 1. The predicted octanol–water partition coefficient (Wildman–Crippen LogP) is 1.20. The first kappa shape index (κ1) is 9.74. The van der Waals surface area contributed by atoms with Gasteiger partial charge in [-0.1, -0.05) is 24.3 Å². The lowest BCUT2D eigenvalue weighted by molar-refractivity contribution is -0.150. The summed E-state index contributed by atoms with van der Waals surface area (Å²) in [6.07, 6.45) is -1.17. The molecule has 13 heavy (non-hydrogen) atoms. The van der Waals surface area contributed by atoms with Gasteiger partial charge in [0.25, 0.3) is 0 Å². The van der Waals surface area contributed by atoms with Gasteiger partial charge >= 0.3 is 5.97 Å². The molecule has 0 aliphatic rings. The molecular weight excluding hydrogens is 168 g/mol. The Labute approximate surface area is 77.0 Å². The molecule has 0 aliphatic heterocycles. The molecule has 1 aromatic rings. The van der Waals surface area contributed by atoms with E-state index in [1.807, 2.05) is 19.1 Å². The molecule has 0 heterocycles. The van der Waals surface area contributed by atoms with E-state index in [2.05, 4.69) is 4.74 Å². The SMILES string of the molecule is COC(=O)[C@H](O)c1ccccc1C. The number of carbonyl (C=O) groups excluding carboxylic acids is 1. The standard InChI is InChI=1S/C10H12O3/c1-7-5-3-4-6-8(7)9(11)10(12)13-2/h3-6,9,11H,1-2H3/t9-/m1/s1. The molecule has 0 radical (unpaired) electrons. The van der Waals surface area contributed by atoms with E-state index in [0.717, 1.165) is 5.56 Å². The van der Waals surface area contributed by atoms with Gasteiger partial charge in [-0.25, -0.2) is 4.79 Å². The summed E-state index contributed by atoms with van der Waals surface area (Å²) in [4.78, 5) is 11.0. The summed E-state index contributed by atoms with van der Waals surface area (Å²) in [6.45, 7) is 1.83. The van der Waals surface area contributed by atoms with Crippen molar-refractivity contribution >= 4 is 5.97 Å². The molecule has 0 aromatic heterocycles. The molecule has 1 rings (SSSR count). The van der Waals surface area contributed by atoms with Crippen LogP contribution in [0.1, 0.15) is 17.2 Å². The summed E-state index contributed by atoms with van der Waals surface area (Å²) in [6, 6.07) is 7.16. The molecule has 0 spiro atoms. The molecule has 0 unspecified atom stereocenters. The van der Waals surface area contributed by atoms with Crippen molar-refractivity contribution in [3.63, 3.8) is 0 Å². The van der Waals surface area contributed by atoms with Crippen LogP contribution in [0.4, 0.5) is 0 Å². The fraction of sp³-hybridized carbons (Fsp3) is 0.300. The van der Waals surface area contributed by atoms with Gasteiger partial charge in [0.15, 0.2) is 6.10 Å². The Morgan fingerprint density at radius 1 is 1.46 bits per heavy atom. The van der Waals surface area contributed by atoms with Crippen LogP contribution in [0.25, 0.3) is 0 Å². The van der Waals surface area contributed by atoms with Gasteiger partial charge in [0.2, 0.25) is 0 Å². The number of aryl methyl sites for hydroxylation is 1. The second-order valence-corrected chi connectivity index (χ2v) is 2.78. The van der Waals surface area contributed by atoms with Crippen LogP contribution in [-0.2, 0) is 9.53 Å². The van der Waals surface area contributed by atoms with E-state index in [-0.39, 0.29) is 0 Å². The molecule has 0 saturated heterocycles. The van der Waals surface area contributed by atoms with Gasteiger partial charge in [0.1, 0.15) is 0 Å². The number of methoxy groups -OCH3 is 1. The average Bonchev–Trinajstić information content (AvgIpc) is 2.16. The summed E-state index contributed by atoms with van der Waals surface area (Å²) >= 11 is 0. The highest BCUT2D eigenvalue weighted by Crippen LogP contribution is 2.17. The average molecular weight is 180 g/mol. The third-order valence-corrected chi connectivity index (χ3v) is 1.91. The van der Waals surface area contributed by atoms with Crippen LogP contribution in [0.2, 0.25) is 0 Å². The number of hydrogen-bond acceptors (Lipinski definition) is 3. The molecule has 0 aliphatic carbocycles. The highest BCUT2D eigenvalue weighted by Gasteiger charge is 2.18. The lowest BCUT2D eigenvalue weighted by Crippen LogP contribution is -2.14. The Balaban J connectivity index is 2.95. The number of aliphatic hydroxyl groups is 1. The molecule has 0 bridgehead atoms. The van der Waals surface area contributed by atoms with Crippen LogP contribution < -0.4 is 0 Å². The number of benzene rings is 1. The lowest BCUT2D eigenvalue weighted by Gasteiger charge is -2.10. The summed E-state index contributed by atoms with van der Waals surface area (Å²) in [5, 5.41) is 9.50. The van der Waals surface area contributed by atoms with Crippen LogP contribution in [0.5, 0.6) is 0 Å². The van der Waals surface area contributed by atoms with Gasteiger partial charge in [0.05, 0.1) is 7.11 Å². The van der Waals surface area contributed by atoms with Gasteiger partial charge in [-0.05, 0) is 18.1 Å². The van der Waals surface area contributed by atoms with E-state index in [0.29, 0.717) is 5.56 Å². The van der Waals surface area contributed by atoms with Crippen LogP contribution in [0, 0.1) is 6.92 Å². The summed E-state index contributed by atoms with van der Waals surface area (Å²) < 4.78 is 4.43. The van der Waals surface area contributed by atoms with Crippen molar-refractivity contribution in [2.45, 2.75) is 13.0 Å². The monoisotopic (exact) mass is 180 g/mol. The van der Waals surface area contributed by atoms with Crippen molar-refractivity contribution in [2.75, 3.05) is 7.11 Å². The number of hydrogen-bond donors (Lipinski definition) is 1. The smallest absolute Gasteiger partial charge is 0.339 e. The molecule has 0 fully saturated rings. The van der Waals surface area contributed by atoms with E-state index >= 15 is 0 Å². The van der Waals surface area contributed by atoms with Crippen molar-refractivity contribution in [2.24, 2.45) is 0 Å².